The first-order valence-corrected chi connectivity index (χ1v) is 9.63. The van der Waals surface area contributed by atoms with Crippen molar-refractivity contribution >= 4 is 17.7 Å². The van der Waals surface area contributed by atoms with Crippen molar-refractivity contribution < 1.29 is 14.0 Å². The van der Waals surface area contributed by atoms with Crippen molar-refractivity contribution in [3.05, 3.63) is 77.2 Å². The first kappa shape index (κ1) is 20.4. The summed E-state index contributed by atoms with van der Waals surface area (Å²) in [6, 6.07) is 11.2. The summed E-state index contributed by atoms with van der Waals surface area (Å²) in [6.45, 7) is 8.18. The van der Waals surface area contributed by atoms with Crippen LogP contribution in [0.5, 0.6) is 0 Å². The monoisotopic (exact) mass is 396 g/mol. The van der Waals surface area contributed by atoms with Gasteiger partial charge in [0.1, 0.15) is 5.82 Å². The molecule has 7 heteroatoms. The lowest BCUT2D eigenvalue weighted by molar-refractivity contribution is 0.244. The van der Waals surface area contributed by atoms with E-state index in [0.717, 1.165) is 11.1 Å². The fourth-order valence-electron chi connectivity index (χ4n) is 3.64. The molecular weight excluding hydrogens is 371 g/mol. The van der Waals surface area contributed by atoms with Gasteiger partial charge >= 0.3 is 12.1 Å². The van der Waals surface area contributed by atoms with Gasteiger partial charge in [0.25, 0.3) is 0 Å². The van der Waals surface area contributed by atoms with E-state index in [1.54, 1.807) is 12.1 Å². The second-order valence-electron chi connectivity index (χ2n) is 6.91. The van der Waals surface area contributed by atoms with E-state index in [1.807, 2.05) is 32.0 Å². The molecule has 0 bridgehead atoms. The van der Waals surface area contributed by atoms with Gasteiger partial charge in [0, 0.05) is 30.8 Å². The molecule has 1 saturated heterocycles. The molecule has 2 aromatic rings. The molecule has 152 valence electrons. The first-order valence-electron chi connectivity index (χ1n) is 9.63. The number of rotatable bonds is 3. The van der Waals surface area contributed by atoms with Gasteiger partial charge in [0.05, 0.1) is 5.54 Å². The Morgan fingerprint density at radius 3 is 2.62 bits per heavy atom. The lowest BCUT2D eigenvalue weighted by Gasteiger charge is -2.22. The minimum atomic E-state index is -0.488. The molecule has 1 fully saturated rings. The number of urea groups is 2. The fraction of sp³-hybridized carbons (Fsp3) is 0.273. The number of anilines is 1. The zero-order valence-corrected chi connectivity index (χ0v) is 16.6. The molecule has 6 nitrogen and oxygen atoms in total. The number of amides is 4. The van der Waals surface area contributed by atoms with Crippen LogP contribution < -0.4 is 21.3 Å². The van der Waals surface area contributed by atoms with Gasteiger partial charge in [-0.05, 0) is 41.0 Å². The molecule has 0 radical (unpaired) electrons. The molecule has 1 aliphatic carbocycles. The Morgan fingerprint density at radius 1 is 1.17 bits per heavy atom. The number of nitrogens with one attached hydrogen (secondary N) is 4. The van der Waals surface area contributed by atoms with Gasteiger partial charge in [0.2, 0.25) is 0 Å². The van der Waals surface area contributed by atoms with E-state index in [9.17, 15) is 14.0 Å². The molecule has 4 rings (SSSR count). The molecule has 0 saturated carbocycles. The van der Waals surface area contributed by atoms with Crippen LogP contribution in [0, 0.1) is 5.82 Å². The number of carbonyl (C=O) groups excluding carboxylic acids is 2. The molecule has 1 aliphatic heterocycles. The second kappa shape index (κ2) is 8.34. The van der Waals surface area contributed by atoms with E-state index < -0.39 is 5.54 Å². The van der Waals surface area contributed by atoms with Crippen molar-refractivity contribution in [3.63, 3.8) is 0 Å². The highest BCUT2D eigenvalue weighted by Gasteiger charge is 2.45. The summed E-state index contributed by atoms with van der Waals surface area (Å²) < 4.78 is 13.2. The van der Waals surface area contributed by atoms with Gasteiger partial charge in [-0.3, -0.25) is 0 Å². The highest BCUT2D eigenvalue weighted by Crippen LogP contribution is 2.37. The van der Waals surface area contributed by atoms with E-state index >= 15 is 0 Å². The van der Waals surface area contributed by atoms with Gasteiger partial charge in [0.15, 0.2) is 0 Å². The lowest BCUT2D eigenvalue weighted by atomic mass is 9.94. The van der Waals surface area contributed by atoms with Gasteiger partial charge < -0.3 is 21.3 Å². The first-order chi connectivity index (χ1) is 13.9. The Balaban J connectivity index is 0.00000117. The Hall–Kier alpha value is -3.35. The maximum Gasteiger partial charge on any atom is 0.319 e. The van der Waals surface area contributed by atoms with Crippen LogP contribution in [0.4, 0.5) is 19.7 Å². The number of halogens is 1. The van der Waals surface area contributed by atoms with Crippen molar-refractivity contribution in [3.8, 4) is 0 Å². The quantitative estimate of drug-likeness (QED) is 0.636. The molecule has 2 aliphatic rings. The van der Waals surface area contributed by atoms with Gasteiger partial charge in [-0.2, -0.15) is 0 Å². The van der Waals surface area contributed by atoms with E-state index in [1.165, 1.54) is 12.1 Å². The van der Waals surface area contributed by atoms with Crippen molar-refractivity contribution in [1.29, 1.82) is 0 Å². The molecule has 1 unspecified atom stereocenters. The van der Waals surface area contributed by atoms with E-state index in [4.69, 9.17) is 0 Å². The summed E-state index contributed by atoms with van der Waals surface area (Å²) in [5.41, 5.74) is 3.70. The highest BCUT2D eigenvalue weighted by molar-refractivity contribution is 5.89. The van der Waals surface area contributed by atoms with E-state index in [-0.39, 0.29) is 24.4 Å². The lowest BCUT2D eigenvalue weighted by Crippen LogP contribution is -2.42. The Kier molecular flexibility index (Phi) is 5.87. The van der Waals surface area contributed by atoms with Gasteiger partial charge in [-0.1, -0.05) is 38.6 Å². The number of hydrogen-bond donors (Lipinski definition) is 4. The molecule has 29 heavy (non-hydrogen) atoms. The third-order valence-corrected chi connectivity index (χ3v) is 4.99. The predicted molar refractivity (Wildman–Crippen MR) is 111 cm³/mol. The Bertz CT molecular complexity index is 960. The van der Waals surface area contributed by atoms with E-state index in [0.29, 0.717) is 29.8 Å². The Labute approximate surface area is 169 Å². The number of hydrogen-bond acceptors (Lipinski definition) is 2. The summed E-state index contributed by atoms with van der Waals surface area (Å²) in [5, 5.41) is 11.2. The smallest absolute Gasteiger partial charge is 0.319 e. The van der Waals surface area contributed by atoms with Crippen LogP contribution in [-0.4, -0.2) is 17.6 Å². The highest BCUT2D eigenvalue weighted by atomic mass is 19.1. The summed E-state index contributed by atoms with van der Waals surface area (Å²) in [4.78, 5) is 23.7. The van der Waals surface area contributed by atoms with Crippen LogP contribution in [-0.2, 0) is 19.4 Å². The molecule has 2 aromatic carbocycles. The van der Waals surface area contributed by atoms with Crippen LogP contribution in [0.3, 0.4) is 0 Å². The summed E-state index contributed by atoms with van der Waals surface area (Å²) in [7, 11) is 0. The standard InChI is InChI=1S/C20H19FN4O2.C2H6/c1-12-20(25-19(27)23-12)9-14-5-6-17(8-15(14)10-20)24-18(26)22-11-13-3-2-4-16(21)7-13;1-2/h2-8H,1,9-11H2,(H2,22,24,26)(H2,23,25,27);1-2H3. The minimum absolute atomic E-state index is 0.231. The average Bonchev–Trinajstić information content (AvgIpc) is 3.19. The summed E-state index contributed by atoms with van der Waals surface area (Å²) in [5.74, 6) is -0.336. The molecule has 1 heterocycles. The SMILES string of the molecule is C=C1NC(=O)NC12Cc1ccc(NC(=O)NCc3cccc(F)c3)cc1C2.CC. The van der Waals surface area contributed by atoms with Crippen LogP contribution >= 0.6 is 0 Å². The number of fused-ring (bicyclic) bond motifs is 1. The third kappa shape index (κ3) is 4.39. The molecular formula is C22H25FN4O2. The number of carbonyl (C=O) groups is 2. The third-order valence-electron chi connectivity index (χ3n) is 4.99. The van der Waals surface area contributed by atoms with Crippen LogP contribution in [0.1, 0.15) is 30.5 Å². The predicted octanol–water partition coefficient (Wildman–Crippen LogP) is 3.84. The normalized spacial score (nSPS) is 19.0. The average molecular weight is 396 g/mol. The Morgan fingerprint density at radius 2 is 1.93 bits per heavy atom. The largest absolute Gasteiger partial charge is 0.334 e. The number of benzene rings is 2. The maximum absolute atomic E-state index is 13.2. The molecule has 4 N–H and O–H groups in total. The van der Waals surface area contributed by atoms with Crippen LogP contribution in [0.2, 0.25) is 0 Å². The minimum Gasteiger partial charge on any atom is -0.334 e. The molecule has 1 atom stereocenters. The molecule has 4 amide bonds. The van der Waals surface area contributed by atoms with Crippen LogP contribution in [0.25, 0.3) is 0 Å². The summed E-state index contributed by atoms with van der Waals surface area (Å²) >= 11 is 0. The van der Waals surface area contributed by atoms with Crippen molar-refractivity contribution in [2.75, 3.05) is 5.32 Å². The van der Waals surface area contributed by atoms with E-state index in [2.05, 4.69) is 27.8 Å². The van der Waals surface area contributed by atoms with Gasteiger partial charge in [-0.15, -0.1) is 0 Å². The van der Waals surface area contributed by atoms with Crippen molar-refractivity contribution in [2.24, 2.45) is 0 Å². The van der Waals surface area contributed by atoms with Gasteiger partial charge in [-0.25, -0.2) is 14.0 Å². The zero-order valence-electron chi connectivity index (χ0n) is 16.6. The fourth-order valence-corrected chi connectivity index (χ4v) is 3.64. The second-order valence-corrected chi connectivity index (χ2v) is 6.91. The molecule has 0 aromatic heterocycles. The van der Waals surface area contributed by atoms with Crippen LogP contribution in [0.15, 0.2) is 54.7 Å². The van der Waals surface area contributed by atoms with Crippen molar-refractivity contribution in [1.82, 2.24) is 16.0 Å². The van der Waals surface area contributed by atoms with Crippen molar-refractivity contribution in [2.45, 2.75) is 38.8 Å². The summed E-state index contributed by atoms with van der Waals surface area (Å²) in [6.07, 6.45) is 1.30. The molecule has 1 spiro atoms. The topological polar surface area (TPSA) is 82.3 Å². The zero-order chi connectivity index (χ0) is 21.0. The maximum atomic E-state index is 13.2.